The van der Waals surface area contributed by atoms with Gasteiger partial charge >= 0.3 is 12.3 Å². The van der Waals surface area contributed by atoms with E-state index in [0.29, 0.717) is 45.6 Å². The molecule has 334 valence electrons. The average Bonchev–Trinajstić information content (AvgIpc) is 3.20. The Labute approximate surface area is 346 Å². The molecule has 0 amide bonds. The molecule has 0 aliphatic carbocycles. The van der Waals surface area contributed by atoms with Crippen LogP contribution in [-0.4, -0.2) is 88.2 Å². The molecule has 0 rings (SSSR count). The number of aliphatic hydroxyl groups is 1. The third kappa shape index (κ3) is 42.0. The molecule has 0 spiro atoms. The Bertz CT molecular complexity index is 784. The van der Waals surface area contributed by atoms with Crippen molar-refractivity contribution in [2.45, 2.75) is 220 Å². The molecule has 0 radical (unpaired) electrons. The minimum Gasteiger partial charge on any atom is -0.434 e. The summed E-state index contributed by atoms with van der Waals surface area (Å²) in [4.78, 5) is 26.7. The second kappa shape index (κ2) is 46.1. The molecule has 0 aliphatic heterocycles. The molecule has 0 atom stereocenters. The van der Waals surface area contributed by atoms with Crippen molar-refractivity contribution in [3.05, 3.63) is 0 Å². The second-order valence-corrected chi connectivity index (χ2v) is 16.2. The molecule has 0 unspecified atom stereocenters. The lowest BCUT2D eigenvalue weighted by Crippen LogP contribution is -2.30. The van der Waals surface area contributed by atoms with Gasteiger partial charge in [0.15, 0.2) is 0 Å². The Morgan fingerprint density at radius 3 is 1.20 bits per heavy atom. The molecule has 56 heavy (non-hydrogen) atoms. The largest absolute Gasteiger partial charge is 0.508 e. The van der Waals surface area contributed by atoms with E-state index in [1.165, 1.54) is 122 Å². The smallest absolute Gasteiger partial charge is 0.434 e. The fourth-order valence-corrected chi connectivity index (χ4v) is 7.16. The maximum absolute atomic E-state index is 12.4. The predicted octanol–water partition coefficient (Wildman–Crippen LogP) is 13.4. The van der Waals surface area contributed by atoms with E-state index >= 15 is 0 Å². The molecule has 1 N–H and O–H groups in total. The van der Waals surface area contributed by atoms with Gasteiger partial charge in [0.05, 0.1) is 46.2 Å². The average molecular weight is 800 g/mol. The Hall–Kier alpha value is -1.58. The lowest BCUT2D eigenvalue weighted by Gasteiger charge is -2.22. The van der Waals surface area contributed by atoms with Gasteiger partial charge in [-0.25, -0.2) is 9.59 Å². The molecule has 0 bridgehead atoms. The van der Waals surface area contributed by atoms with E-state index in [2.05, 4.69) is 25.7 Å². The van der Waals surface area contributed by atoms with Crippen LogP contribution in [0.4, 0.5) is 9.59 Å². The molecule has 0 fully saturated rings. The van der Waals surface area contributed by atoms with Crippen molar-refractivity contribution in [3.8, 4) is 0 Å². The van der Waals surface area contributed by atoms with Crippen LogP contribution in [-0.2, 0) is 23.7 Å². The van der Waals surface area contributed by atoms with Crippen molar-refractivity contribution in [1.82, 2.24) is 4.90 Å². The van der Waals surface area contributed by atoms with E-state index in [1.54, 1.807) is 0 Å². The van der Waals surface area contributed by atoms with E-state index in [1.807, 2.05) is 0 Å². The number of unbranched alkanes of at least 4 members (excludes halogenated alkanes) is 24. The fraction of sp³-hybridized carbons (Fsp3) is 0.957. The predicted molar refractivity (Wildman–Crippen MR) is 233 cm³/mol. The zero-order valence-electron chi connectivity index (χ0n) is 37.3. The number of carbonyl (C=O) groups excluding carboxylic acids is 2. The summed E-state index contributed by atoms with van der Waals surface area (Å²) in [7, 11) is 0. The quantitative estimate of drug-likeness (QED) is 0.0476. The van der Waals surface area contributed by atoms with Gasteiger partial charge in [0.2, 0.25) is 0 Å². The van der Waals surface area contributed by atoms with Crippen LogP contribution in [0, 0.1) is 5.92 Å². The Kier molecular flexibility index (Phi) is 44.8. The molecule has 0 heterocycles. The van der Waals surface area contributed by atoms with Gasteiger partial charge in [-0.2, -0.15) is 0 Å². The van der Waals surface area contributed by atoms with Crippen LogP contribution in [0.1, 0.15) is 220 Å². The third-order valence-electron chi connectivity index (χ3n) is 10.8. The van der Waals surface area contributed by atoms with Crippen molar-refractivity contribution in [2.75, 3.05) is 65.9 Å². The molecule has 0 saturated heterocycles. The summed E-state index contributed by atoms with van der Waals surface area (Å²) in [5, 5.41) is 9.05. The van der Waals surface area contributed by atoms with Gasteiger partial charge in [0.25, 0.3) is 0 Å². The van der Waals surface area contributed by atoms with Crippen LogP contribution in [0.5, 0.6) is 0 Å². The molecule has 0 aromatic carbocycles. The highest BCUT2D eigenvalue weighted by molar-refractivity contribution is 5.60. The maximum atomic E-state index is 12.4. The summed E-state index contributed by atoms with van der Waals surface area (Å²) >= 11 is 0. The summed E-state index contributed by atoms with van der Waals surface area (Å²) in [6.45, 7) is 12.4. The Morgan fingerprint density at radius 2 is 0.768 bits per heavy atom. The summed E-state index contributed by atoms with van der Waals surface area (Å²) in [6, 6.07) is 0. The number of carbonyl (C=O) groups is 2. The summed E-state index contributed by atoms with van der Waals surface area (Å²) in [5.74, 6) is 0.449. The topological polar surface area (TPSA) is 104 Å². The van der Waals surface area contributed by atoms with Crippen LogP contribution in [0.25, 0.3) is 0 Å². The zero-order chi connectivity index (χ0) is 40.8. The first-order valence-corrected chi connectivity index (χ1v) is 24.1. The number of hydrogen-bond acceptors (Lipinski definition) is 9. The molecule has 9 heteroatoms. The normalized spacial score (nSPS) is 11.5. The molecule has 0 aliphatic rings. The van der Waals surface area contributed by atoms with E-state index in [9.17, 15) is 9.59 Å². The van der Waals surface area contributed by atoms with Crippen LogP contribution >= 0.6 is 0 Å². The molecular weight excluding hydrogens is 707 g/mol. The van der Waals surface area contributed by atoms with Gasteiger partial charge in [-0.05, 0) is 70.4 Å². The lowest BCUT2D eigenvalue weighted by molar-refractivity contribution is 0.0405. The van der Waals surface area contributed by atoms with Gasteiger partial charge < -0.3 is 33.7 Å². The maximum Gasteiger partial charge on any atom is 0.508 e. The minimum absolute atomic E-state index is 0.0437. The molecular formula is C47H93NO8. The number of nitrogens with zero attached hydrogens (tertiary/aromatic N) is 1. The van der Waals surface area contributed by atoms with E-state index < -0.39 is 12.3 Å². The molecule has 0 aromatic heterocycles. The van der Waals surface area contributed by atoms with Crippen LogP contribution in [0.15, 0.2) is 0 Å². The number of hydrogen-bond donors (Lipinski definition) is 1. The highest BCUT2D eigenvalue weighted by atomic mass is 16.7. The van der Waals surface area contributed by atoms with Gasteiger partial charge in [-0.15, -0.1) is 0 Å². The van der Waals surface area contributed by atoms with Gasteiger partial charge in [-0.3, -0.25) is 0 Å². The van der Waals surface area contributed by atoms with E-state index in [-0.39, 0.29) is 6.61 Å². The van der Waals surface area contributed by atoms with Crippen LogP contribution in [0.2, 0.25) is 0 Å². The first-order chi connectivity index (χ1) is 27.6. The number of aliphatic hydroxyl groups excluding tert-OH is 1. The summed E-state index contributed by atoms with van der Waals surface area (Å²) in [6.07, 6.45) is 36.0. The van der Waals surface area contributed by atoms with Crippen molar-refractivity contribution >= 4 is 12.3 Å². The van der Waals surface area contributed by atoms with E-state index in [0.717, 1.165) is 96.7 Å². The van der Waals surface area contributed by atoms with Gasteiger partial charge in [0, 0.05) is 6.54 Å². The van der Waals surface area contributed by atoms with Crippen molar-refractivity contribution < 1.29 is 38.4 Å². The van der Waals surface area contributed by atoms with Crippen molar-refractivity contribution in [2.24, 2.45) is 5.92 Å². The molecule has 0 saturated carbocycles. The zero-order valence-corrected chi connectivity index (χ0v) is 37.3. The number of rotatable bonds is 45. The standard InChI is InChI=1S/C47H93NO8/c1-4-7-10-13-16-17-18-23-30-39-53-46(50)54-41-32-25-29-36-48(37-42-52-43-38-49)35-28-22-19-24-31-40-55-47(51)56-44-45(33-26-20-14-11-8-5-2)34-27-21-15-12-9-6-3/h45,49H,4-44H2,1-3H3. The SMILES string of the molecule is CCCCCCCCCCCOC(=O)OCCCCCN(CCCCCCCOC(=O)OCC(CCCCCCCC)CCCCCCCC)CCOCCO. The number of ether oxygens (including phenoxy) is 5. The fourth-order valence-electron chi connectivity index (χ4n) is 7.16. The third-order valence-corrected chi connectivity index (χ3v) is 10.8. The van der Waals surface area contributed by atoms with Gasteiger partial charge in [0.1, 0.15) is 0 Å². The highest BCUT2D eigenvalue weighted by Gasteiger charge is 2.13. The Morgan fingerprint density at radius 1 is 0.411 bits per heavy atom. The Balaban J connectivity index is 4.08. The summed E-state index contributed by atoms with van der Waals surface area (Å²) in [5.41, 5.74) is 0. The van der Waals surface area contributed by atoms with Crippen LogP contribution < -0.4 is 0 Å². The van der Waals surface area contributed by atoms with Crippen molar-refractivity contribution in [3.63, 3.8) is 0 Å². The van der Waals surface area contributed by atoms with Gasteiger partial charge in [-0.1, -0.05) is 168 Å². The minimum atomic E-state index is -0.542. The second-order valence-electron chi connectivity index (χ2n) is 16.2. The van der Waals surface area contributed by atoms with Crippen molar-refractivity contribution in [1.29, 1.82) is 0 Å². The summed E-state index contributed by atoms with van der Waals surface area (Å²) < 4.78 is 27.1. The monoisotopic (exact) mass is 800 g/mol. The highest BCUT2D eigenvalue weighted by Crippen LogP contribution is 2.20. The molecule has 0 aromatic rings. The molecule has 9 nitrogen and oxygen atoms in total. The van der Waals surface area contributed by atoms with Crippen LogP contribution in [0.3, 0.4) is 0 Å². The lowest BCUT2D eigenvalue weighted by atomic mass is 9.95. The first kappa shape index (κ1) is 54.4. The van der Waals surface area contributed by atoms with E-state index in [4.69, 9.17) is 28.8 Å². The first-order valence-electron chi connectivity index (χ1n) is 24.1.